The minimum Gasteiger partial charge on any atom is -0.493 e. The van der Waals surface area contributed by atoms with Crippen LogP contribution < -0.4 is 4.74 Å². The predicted molar refractivity (Wildman–Crippen MR) is 80.3 cm³/mol. The quantitative estimate of drug-likeness (QED) is 0.779. The molecule has 20 heavy (non-hydrogen) atoms. The molecule has 0 saturated heterocycles. The van der Waals surface area contributed by atoms with Gasteiger partial charge in [0, 0.05) is 16.3 Å². The lowest BCUT2D eigenvalue weighted by Gasteiger charge is -2.06. The zero-order valence-electron chi connectivity index (χ0n) is 12.0. The van der Waals surface area contributed by atoms with Gasteiger partial charge in [-0.2, -0.15) is 0 Å². The van der Waals surface area contributed by atoms with Gasteiger partial charge >= 0.3 is 0 Å². The molecule has 0 aliphatic rings. The third-order valence-electron chi connectivity index (χ3n) is 3.84. The summed E-state index contributed by atoms with van der Waals surface area (Å²) in [7, 11) is 0. The molecule has 0 amide bonds. The lowest BCUT2D eigenvalue weighted by Crippen LogP contribution is -1.93. The van der Waals surface area contributed by atoms with E-state index in [-0.39, 0.29) is 6.61 Å². The number of hydrogen-bond acceptors (Lipinski definition) is 3. The first kappa shape index (κ1) is 13.0. The summed E-state index contributed by atoms with van der Waals surface area (Å²) in [6, 6.07) is 8.00. The van der Waals surface area contributed by atoms with Gasteiger partial charge in [0.25, 0.3) is 0 Å². The fourth-order valence-electron chi connectivity index (χ4n) is 2.68. The number of ether oxygens (including phenoxy) is 1. The SMILES string of the molecule is CCOc1ccc2c(oc3c(C)c(CO)ccc32)c1C. The van der Waals surface area contributed by atoms with E-state index in [0.717, 1.165) is 44.4 Å². The van der Waals surface area contributed by atoms with Crippen molar-refractivity contribution in [3.63, 3.8) is 0 Å². The molecule has 0 aliphatic heterocycles. The summed E-state index contributed by atoms with van der Waals surface area (Å²) in [6.45, 7) is 6.63. The normalized spacial score (nSPS) is 11.4. The molecule has 0 fully saturated rings. The average molecular weight is 270 g/mol. The number of aryl methyl sites for hydroxylation is 2. The van der Waals surface area contributed by atoms with Crippen molar-refractivity contribution in [3.8, 4) is 5.75 Å². The highest BCUT2D eigenvalue weighted by molar-refractivity contribution is 6.07. The van der Waals surface area contributed by atoms with Gasteiger partial charge in [0.1, 0.15) is 16.9 Å². The van der Waals surface area contributed by atoms with Crippen LogP contribution in [0.2, 0.25) is 0 Å². The van der Waals surface area contributed by atoms with Crippen molar-refractivity contribution in [3.05, 3.63) is 41.0 Å². The summed E-state index contributed by atoms with van der Waals surface area (Å²) in [6.07, 6.45) is 0. The second kappa shape index (κ2) is 4.84. The number of hydrogen-bond donors (Lipinski definition) is 1. The molecule has 3 heteroatoms. The molecule has 2 aromatic carbocycles. The zero-order valence-corrected chi connectivity index (χ0v) is 12.0. The van der Waals surface area contributed by atoms with Crippen LogP contribution in [0.5, 0.6) is 5.75 Å². The van der Waals surface area contributed by atoms with Crippen LogP contribution in [0.25, 0.3) is 21.9 Å². The van der Waals surface area contributed by atoms with Crippen LogP contribution in [-0.2, 0) is 6.61 Å². The summed E-state index contributed by atoms with van der Waals surface area (Å²) >= 11 is 0. The number of furan rings is 1. The molecule has 0 saturated carbocycles. The van der Waals surface area contributed by atoms with Gasteiger partial charge in [-0.3, -0.25) is 0 Å². The van der Waals surface area contributed by atoms with Gasteiger partial charge in [0.2, 0.25) is 0 Å². The molecule has 1 heterocycles. The standard InChI is InChI=1S/C17H18O3/c1-4-19-15-8-7-14-13-6-5-12(9-18)10(2)16(13)20-17(14)11(15)3/h5-8,18H,4,9H2,1-3H3. The fraction of sp³-hybridized carbons (Fsp3) is 0.294. The Kier molecular flexibility index (Phi) is 3.14. The van der Waals surface area contributed by atoms with Crippen molar-refractivity contribution in [2.45, 2.75) is 27.4 Å². The summed E-state index contributed by atoms with van der Waals surface area (Å²) in [5, 5.41) is 11.5. The molecule has 1 aromatic heterocycles. The first-order valence-corrected chi connectivity index (χ1v) is 6.85. The van der Waals surface area contributed by atoms with Crippen LogP contribution in [0.1, 0.15) is 23.6 Å². The van der Waals surface area contributed by atoms with Gasteiger partial charge in [-0.05, 0) is 44.0 Å². The predicted octanol–water partition coefficient (Wildman–Crippen LogP) is 4.09. The maximum absolute atomic E-state index is 9.36. The van der Waals surface area contributed by atoms with Crippen LogP contribution in [0.4, 0.5) is 0 Å². The molecule has 0 atom stereocenters. The summed E-state index contributed by atoms with van der Waals surface area (Å²) in [5.41, 5.74) is 4.63. The van der Waals surface area contributed by atoms with E-state index < -0.39 is 0 Å². The van der Waals surface area contributed by atoms with E-state index in [1.165, 1.54) is 0 Å². The number of aliphatic hydroxyl groups is 1. The molecule has 3 rings (SSSR count). The van der Waals surface area contributed by atoms with Crippen LogP contribution in [0.3, 0.4) is 0 Å². The van der Waals surface area contributed by atoms with Crippen LogP contribution in [-0.4, -0.2) is 11.7 Å². The molecule has 0 bridgehead atoms. The average Bonchev–Trinajstić information content (AvgIpc) is 2.83. The van der Waals surface area contributed by atoms with Crippen LogP contribution >= 0.6 is 0 Å². The summed E-state index contributed by atoms with van der Waals surface area (Å²) in [4.78, 5) is 0. The van der Waals surface area contributed by atoms with Gasteiger partial charge in [0.05, 0.1) is 13.2 Å². The Morgan fingerprint density at radius 1 is 1.00 bits per heavy atom. The Labute approximate surface area is 117 Å². The number of fused-ring (bicyclic) bond motifs is 3. The van der Waals surface area contributed by atoms with Gasteiger partial charge in [-0.15, -0.1) is 0 Å². The van der Waals surface area contributed by atoms with E-state index in [9.17, 15) is 5.11 Å². The van der Waals surface area contributed by atoms with E-state index in [0.29, 0.717) is 6.61 Å². The monoisotopic (exact) mass is 270 g/mol. The minimum atomic E-state index is 0.0298. The molecule has 3 nitrogen and oxygen atoms in total. The molecule has 104 valence electrons. The fourth-order valence-corrected chi connectivity index (χ4v) is 2.68. The van der Waals surface area contributed by atoms with E-state index in [4.69, 9.17) is 9.15 Å². The summed E-state index contributed by atoms with van der Waals surface area (Å²) in [5.74, 6) is 0.860. The van der Waals surface area contributed by atoms with Crippen molar-refractivity contribution >= 4 is 21.9 Å². The van der Waals surface area contributed by atoms with Gasteiger partial charge in [-0.1, -0.05) is 12.1 Å². The maximum Gasteiger partial charge on any atom is 0.142 e. The first-order valence-electron chi connectivity index (χ1n) is 6.85. The highest BCUT2D eigenvalue weighted by Crippen LogP contribution is 2.36. The molecule has 0 spiro atoms. The lowest BCUT2D eigenvalue weighted by molar-refractivity contribution is 0.281. The zero-order chi connectivity index (χ0) is 14.3. The van der Waals surface area contributed by atoms with Gasteiger partial charge < -0.3 is 14.3 Å². The van der Waals surface area contributed by atoms with E-state index in [1.807, 2.05) is 45.0 Å². The summed E-state index contributed by atoms with van der Waals surface area (Å²) < 4.78 is 11.7. The molecule has 3 aromatic rings. The second-order valence-electron chi connectivity index (χ2n) is 4.98. The molecule has 0 unspecified atom stereocenters. The van der Waals surface area contributed by atoms with Crippen molar-refractivity contribution in [2.75, 3.05) is 6.61 Å². The highest BCUT2D eigenvalue weighted by Gasteiger charge is 2.15. The molecule has 0 radical (unpaired) electrons. The molecule has 1 N–H and O–H groups in total. The van der Waals surface area contributed by atoms with Crippen molar-refractivity contribution in [1.82, 2.24) is 0 Å². The largest absolute Gasteiger partial charge is 0.493 e. The number of rotatable bonds is 3. The second-order valence-corrected chi connectivity index (χ2v) is 4.98. The Morgan fingerprint density at radius 2 is 1.65 bits per heavy atom. The Balaban J connectivity index is 2.35. The maximum atomic E-state index is 9.36. The highest BCUT2D eigenvalue weighted by atomic mass is 16.5. The Hall–Kier alpha value is -2.00. The van der Waals surface area contributed by atoms with Gasteiger partial charge in [0.15, 0.2) is 0 Å². The number of benzene rings is 2. The smallest absolute Gasteiger partial charge is 0.142 e. The van der Waals surface area contributed by atoms with Crippen molar-refractivity contribution in [1.29, 1.82) is 0 Å². The van der Waals surface area contributed by atoms with E-state index in [1.54, 1.807) is 0 Å². The Bertz CT molecular complexity index is 784. The van der Waals surface area contributed by atoms with Gasteiger partial charge in [-0.25, -0.2) is 0 Å². The topological polar surface area (TPSA) is 42.6 Å². The van der Waals surface area contributed by atoms with E-state index in [2.05, 4.69) is 0 Å². The van der Waals surface area contributed by atoms with E-state index >= 15 is 0 Å². The lowest BCUT2D eigenvalue weighted by atomic mass is 10.0. The Morgan fingerprint density at radius 3 is 2.30 bits per heavy atom. The molecular formula is C17H18O3. The first-order chi connectivity index (χ1) is 9.67. The van der Waals surface area contributed by atoms with Crippen LogP contribution in [0, 0.1) is 13.8 Å². The minimum absolute atomic E-state index is 0.0298. The number of aliphatic hydroxyl groups excluding tert-OH is 1. The molecule has 0 aliphatic carbocycles. The van der Waals surface area contributed by atoms with Crippen molar-refractivity contribution < 1.29 is 14.3 Å². The third kappa shape index (κ3) is 1.78. The molecular weight excluding hydrogens is 252 g/mol. The van der Waals surface area contributed by atoms with Crippen LogP contribution in [0.15, 0.2) is 28.7 Å². The third-order valence-corrected chi connectivity index (χ3v) is 3.84. The van der Waals surface area contributed by atoms with Crippen molar-refractivity contribution in [2.24, 2.45) is 0 Å².